The van der Waals surface area contributed by atoms with Crippen LogP contribution in [0.1, 0.15) is 31.4 Å². The van der Waals surface area contributed by atoms with Gasteiger partial charge < -0.3 is 15.1 Å². The predicted molar refractivity (Wildman–Crippen MR) is 91.5 cm³/mol. The first-order chi connectivity index (χ1) is 11.4. The maximum Gasteiger partial charge on any atom is 0.225 e. The quantitative estimate of drug-likeness (QED) is 0.740. The van der Waals surface area contributed by atoms with E-state index in [0.717, 1.165) is 22.5 Å². The monoisotopic (exact) mass is 308 g/mol. The molecule has 5 heteroatoms. The molecule has 0 radical (unpaired) electrons. The fraction of sp³-hybridized carbons (Fsp3) is 0.333. The first kappa shape index (κ1) is 14.1. The largest absolute Gasteiger partial charge is 0.467 e. The van der Waals surface area contributed by atoms with Gasteiger partial charge in [0, 0.05) is 11.4 Å². The lowest BCUT2D eigenvalue weighted by atomic mass is 10.2. The van der Waals surface area contributed by atoms with Gasteiger partial charge in [-0.05, 0) is 37.1 Å². The van der Waals surface area contributed by atoms with E-state index in [1.807, 2.05) is 30.3 Å². The molecule has 0 amide bonds. The van der Waals surface area contributed by atoms with E-state index < -0.39 is 0 Å². The zero-order chi connectivity index (χ0) is 15.5. The number of aromatic nitrogens is 2. The summed E-state index contributed by atoms with van der Waals surface area (Å²) >= 11 is 0. The number of hydrogen-bond donors (Lipinski definition) is 2. The molecule has 23 heavy (non-hydrogen) atoms. The normalized spacial score (nSPS) is 15.1. The smallest absolute Gasteiger partial charge is 0.225 e. The summed E-state index contributed by atoms with van der Waals surface area (Å²) in [7, 11) is 0. The highest BCUT2D eigenvalue weighted by atomic mass is 16.3. The molecule has 1 aliphatic carbocycles. The van der Waals surface area contributed by atoms with E-state index in [0.29, 0.717) is 18.5 Å². The van der Waals surface area contributed by atoms with Crippen LogP contribution >= 0.6 is 0 Å². The van der Waals surface area contributed by atoms with Crippen LogP contribution in [0.3, 0.4) is 0 Å². The second-order valence-corrected chi connectivity index (χ2v) is 5.97. The minimum Gasteiger partial charge on any atom is -0.467 e. The number of para-hydroxylation sites is 1. The molecule has 2 heterocycles. The molecule has 1 saturated carbocycles. The third kappa shape index (κ3) is 3.13. The topological polar surface area (TPSA) is 63.0 Å². The fourth-order valence-corrected chi connectivity index (χ4v) is 3.11. The Labute approximate surface area is 135 Å². The van der Waals surface area contributed by atoms with Gasteiger partial charge in [-0.15, -0.1) is 0 Å². The molecular formula is C18H20N4O. The number of benzene rings is 1. The highest BCUT2D eigenvalue weighted by molar-refractivity contribution is 5.90. The Morgan fingerprint density at radius 2 is 1.91 bits per heavy atom. The van der Waals surface area contributed by atoms with Crippen molar-refractivity contribution in [1.29, 1.82) is 0 Å². The van der Waals surface area contributed by atoms with Crippen LogP contribution in [0.5, 0.6) is 0 Å². The summed E-state index contributed by atoms with van der Waals surface area (Å²) in [6, 6.07) is 12.5. The molecule has 0 unspecified atom stereocenters. The molecule has 5 nitrogen and oxygen atoms in total. The van der Waals surface area contributed by atoms with Crippen molar-refractivity contribution in [3.05, 3.63) is 48.4 Å². The second-order valence-electron chi connectivity index (χ2n) is 5.97. The van der Waals surface area contributed by atoms with Gasteiger partial charge in [-0.25, -0.2) is 4.98 Å². The highest BCUT2D eigenvalue weighted by Crippen LogP contribution is 2.27. The maximum atomic E-state index is 5.35. The lowest BCUT2D eigenvalue weighted by molar-refractivity contribution is 0.517. The second kappa shape index (κ2) is 6.28. The van der Waals surface area contributed by atoms with Crippen LogP contribution in [0, 0.1) is 0 Å². The number of furan rings is 1. The van der Waals surface area contributed by atoms with Crippen LogP contribution in [0.25, 0.3) is 10.9 Å². The Hall–Kier alpha value is -2.56. The van der Waals surface area contributed by atoms with E-state index in [2.05, 4.69) is 26.7 Å². The number of nitrogens with one attached hydrogen (secondary N) is 2. The summed E-state index contributed by atoms with van der Waals surface area (Å²) in [5.41, 5.74) is 0.949. The molecule has 0 spiro atoms. The zero-order valence-corrected chi connectivity index (χ0v) is 13.0. The third-order valence-electron chi connectivity index (χ3n) is 4.30. The van der Waals surface area contributed by atoms with Gasteiger partial charge in [0.05, 0.1) is 18.3 Å². The lowest BCUT2D eigenvalue weighted by Crippen LogP contribution is -2.16. The first-order valence-corrected chi connectivity index (χ1v) is 8.18. The Bertz CT molecular complexity index is 779. The van der Waals surface area contributed by atoms with Crippen LogP contribution in [-0.2, 0) is 6.54 Å². The van der Waals surface area contributed by atoms with E-state index in [9.17, 15) is 0 Å². The number of nitrogens with zero attached hydrogens (tertiary/aromatic N) is 2. The molecule has 1 fully saturated rings. The summed E-state index contributed by atoms with van der Waals surface area (Å²) in [5, 5.41) is 7.92. The molecule has 2 aromatic heterocycles. The van der Waals surface area contributed by atoms with Crippen LogP contribution < -0.4 is 10.6 Å². The molecular weight excluding hydrogens is 288 g/mol. The van der Waals surface area contributed by atoms with Gasteiger partial charge in [0.2, 0.25) is 5.95 Å². The maximum absolute atomic E-state index is 5.35. The fourth-order valence-electron chi connectivity index (χ4n) is 3.11. The van der Waals surface area contributed by atoms with Gasteiger partial charge >= 0.3 is 0 Å². The van der Waals surface area contributed by atoms with Gasteiger partial charge in [0.15, 0.2) is 0 Å². The molecule has 0 saturated heterocycles. The molecule has 118 valence electrons. The lowest BCUT2D eigenvalue weighted by Gasteiger charge is -2.15. The van der Waals surface area contributed by atoms with Gasteiger partial charge in [0.1, 0.15) is 11.6 Å². The number of fused-ring (bicyclic) bond motifs is 1. The number of hydrogen-bond acceptors (Lipinski definition) is 5. The van der Waals surface area contributed by atoms with Crippen molar-refractivity contribution in [2.24, 2.45) is 0 Å². The predicted octanol–water partition coefficient (Wildman–Crippen LogP) is 4.19. The zero-order valence-electron chi connectivity index (χ0n) is 13.0. The van der Waals surface area contributed by atoms with Crippen molar-refractivity contribution in [2.45, 2.75) is 38.3 Å². The van der Waals surface area contributed by atoms with E-state index in [4.69, 9.17) is 4.42 Å². The minimum absolute atomic E-state index is 0.520. The van der Waals surface area contributed by atoms with Gasteiger partial charge in [0.25, 0.3) is 0 Å². The average Bonchev–Trinajstić information content (AvgIpc) is 3.27. The van der Waals surface area contributed by atoms with Gasteiger partial charge in [-0.1, -0.05) is 25.0 Å². The van der Waals surface area contributed by atoms with Crippen molar-refractivity contribution in [1.82, 2.24) is 9.97 Å². The Kier molecular flexibility index (Phi) is 3.84. The third-order valence-corrected chi connectivity index (χ3v) is 4.30. The average molecular weight is 308 g/mol. The van der Waals surface area contributed by atoms with Crippen LogP contribution in [0.15, 0.2) is 47.1 Å². The van der Waals surface area contributed by atoms with Crippen molar-refractivity contribution in [3.8, 4) is 0 Å². The molecule has 1 aliphatic rings. The summed E-state index contributed by atoms with van der Waals surface area (Å²) < 4.78 is 5.35. The molecule has 0 aliphatic heterocycles. The van der Waals surface area contributed by atoms with Gasteiger partial charge in [-0.3, -0.25) is 0 Å². The summed E-state index contributed by atoms with van der Waals surface area (Å²) in [6.07, 6.45) is 6.70. The molecule has 2 N–H and O–H groups in total. The van der Waals surface area contributed by atoms with E-state index in [1.54, 1.807) is 6.26 Å². The summed E-state index contributed by atoms with van der Waals surface area (Å²) in [5.74, 6) is 2.41. The van der Waals surface area contributed by atoms with E-state index in [1.165, 1.54) is 25.7 Å². The Morgan fingerprint density at radius 1 is 1.04 bits per heavy atom. The van der Waals surface area contributed by atoms with Crippen molar-refractivity contribution >= 4 is 22.7 Å². The molecule has 0 bridgehead atoms. The SMILES string of the molecule is c1coc(CNc2nc(NC3CCCC3)c3ccccc3n2)c1. The standard InChI is InChI=1S/C18H20N4O/c1-2-7-13(6-1)20-17-15-9-3-4-10-16(15)21-18(22-17)19-12-14-8-5-11-23-14/h3-5,8-11,13H,1-2,6-7,12H2,(H2,19,20,21,22). The number of rotatable bonds is 5. The van der Waals surface area contributed by atoms with Crippen molar-refractivity contribution in [3.63, 3.8) is 0 Å². The Morgan fingerprint density at radius 3 is 2.74 bits per heavy atom. The number of anilines is 2. The van der Waals surface area contributed by atoms with Crippen molar-refractivity contribution < 1.29 is 4.42 Å². The van der Waals surface area contributed by atoms with Gasteiger partial charge in [-0.2, -0.15) is 4.98 Å². The molecule has 0 atom stereocenters. The van der Waals surface area contributed by atoms with E-state index in [-0.39, 0.29) is 0 Å². The highest BCUT2D eigenvalue weighted by Gasteiger charge is 2.17. The molecule has 1 aromatic carbocycles. The van der Waals surface area contributed by atoms with Crippen LogP contribution in [0.4, 0.5) is 11.8 Å². The van der Waals surface area contributed by atoms with E-state index >= 15 is 0 Å². The summed E-state index contributed by atoms with van der Waals surface area (Å²) in [6.45, 7) is 0.578. The first-order valence-electron chi connectivity index (χ1n) is 8.18. The van der Waals surface area contributed by atoms with Crippen LogP contribution in [0.2, 0.25) is 0 Å². The Balaban J connectivity index is 1.62. The minimum atomic E-state index is 0.520. The van der Waals surface area contributed by atoms with Crippen LogP contribution in [-0.4, -0.2) is 16.0 Å². The summed E-state index contributed by atoms with van der Waals surface area (Å²) in [4.78, 5) is 9.29. The molecule has 4 rings (SSSR count). The molecule has 3 aromatic rings. The van der Waals surface area contributed by atoms with Crippen molar-refractivity contribution in [2.75, 3.05) is 10.6 Å².